The molecule has 0 aliphatic rings. The third kappa shape index (κ3) is 4.91. The number of methoxy groups -OCH3 is 1. The van der Waals surface area contributed by atoms with Gasteiger partial charge in [0, 0.05) is 0 Å². The Bertz CT molecular complexity index is 387. The highest BCUT2D eigenvalue weighted by Gasteiger charge is 2.20. The van der Waals surface area contributed by atoms with Crippen molar-refractivity contribution in [3.63, 3.8) is 0 Å². The standard InChI is InChI=1S/C15H23NO3/c1-5-19-13-8-6-12(7-9-13)14(15(17)18-4)16-10-11(2)3/h6-9,11,14,16H,5,10H2,1-4H3. The first-order valence-electron chi connectivity index (χ1n) is 6.62. The van der Waals surface area contributed by atoms with Gasteiger partial charge in [-0.25, -0.2) is 4.79 Å². The van der Waals surface area contributed by atoms with Gasteiger partial charge in [-0.2, -0.15) is 0 Å². The molecular weight excluding hydrogens is 242 g/mol. The SMILES string of the molecule is CCOc1ccc(C(NCC(C)C)C(=O)OC)cc1. The average molecular weight is 265 g/mol. The van der Waals surface area contributed by atoms with Crippen molar-refractivity contribution < 1.29 is 14.3 Å². The lowest BCUT2D eigenvalue weighted by molar-refractivity contribution is -0.143. The summed E-state index contributed by atoms with van der Waals surface area (Å²) in [6.45, 7) is 7.52. The lowest BCUT2D eigenvalue weighted by Crippen LogP contribution is -2.32. The molecule has 4 nitrogen and oxygen atoms in total. The predicted octanol–water partition coefficient (Wildman–Crippen LogP) is 2.55. The Morgan fingerprint density at radius 3 is 2.37 bits per heavy atom. The molecule has 4 heteroatoms. The van der Waals surface area contributed by atoms with Crippen molar-refractivity contribution in [2.45, 2.75) is 26.8 Å². The monoisotopic (exact) mass is 265 g/mol. The van der Waals surface area contributed by atoms with Crippen molar-refractivity contribution in [1.29, 1.82) is 0 Å². The number of hydrogen-bond acceptors (Lipinski definition) is 4. The van der Waals surface area contributed by atoms with Crippen LogP contribution in [0.4, 0.5) is 0 Å². The summed E-state index contributed by atoms with van der Waals surface area (Å²) in [4.78, 5) is 11.8. The summed E-state index contributed by atoms with van der Waals surface area (Å²) < 4.78 is 10.2. The molecule has 1 atom stereocenters. The predicted molar refractivity (Wildman–Crippen MR) is 75.2 cm³/mol. The minimum absolute atomic E-state index is 0.273. The van der Waals surface area contributed by atoms with Gasteiger partial charge >= 0.3 is 5.97 Å². The van der Waals surface area contributed by atoms with Crippen molar-refractivity contribution in [3.8, 4) is 5.75 Å². The van der Waals surface area contributed by atoms with Crippen LogP contribution >= 0.6 is 0 Å². The van der Waals surface area contributed by atoms with Crippen LogP contribution in [0.25, 0.3) is 0 Å². The maximum Gasteiger partial charge on any atom is 0.327 e. The molecular formula is C15H23NO3. The first-order valence-corrected chi connectivity index (χ1v) is 6.62. The Hall–Kier alpha value is -1.55. The highest BCUT2D eigenvalue weighted by atomic mass is 16.5. The second kappa shape index (κ2) is 7.79. The van der Waals surface area contributed by atoms with Gasteiger partial charge in [0.05, 0.1) is 13.7 Å². The van der Waals surface area contributed by atoms with Gasteiger partial charge in [-0.05, 0) is 37.1 Å². The Morgan fingerprint density at radius 1 is 1.26 bits per heavy atom. The van der Waals surface area contributed by atoms with Gasteiger partial charge in [-0.3, -0.25) is 0 Å². The van der Waals surface area contributed by atoms with Crippen LogP contribution in [-0.2, 0) is 9.53 Å². The lowest BCUT2D eigenvalue weighted by atomic mass is 10.1. The van der Waals surface area contributed by atoms with E-state index in [-0.39, 0.29) is 5.97 Å². The Balaban J connectivity index is 2.81. The number of hydrogen-bond donors (Lipinski definition) is 1. The molecule has 0 saturated carbocycles. The van der Waals surface area contributed by atoms with Gasteiger partial charge in [0.2, 0.25) is 0 Å². The van der Waals surface area contributed by atoms with E-state index in [0.29, 0.717) is 12.5 Å². The zero-order chi connectivity index (χ0) is 14.3. The van der Waals surface area contributed by atoms with E-state index >= 15 is 0 Å². The van der Waals surface area contributed by atoms with Gasteiger partial charge in [-0.15, -0.1) is 0 Å². The van der Waals surface area contributed by atoms with E-state index in [1.165, 1.54) is 7.11 Å². The number of nitrogens with one attached hydrogen (secondary N) is 1. The van der Waals surface area contributed by atoms with Gasteiger partial charge < -0.3 is 14.8 Å². The van der Waals surface area contributed by atoms with Crippen LogP contribution in [0.15, 0.2) is 24.3 Å². The molecule has 0 bridgehead atoms. The molecule has 0 aromatic heterocycles. The highest BCUT2D eigenvalue weighted by molar-refractivity contribution is 5.77. The van der Waals surface area contributed by atoms with E-state index in [0.717, 1.165) is 17.9 Å². The fourth-order valence-corrected chi connectivity index (χ4v) is 1.73. The van der Waals surface area contributed by atoms with Gasteiger partial charge in [-0.1, -0.05) is 26.0 Å². The molecule has 1 aromatic carbocycles. The van der Waals surface area contributed by atoms with Crippen LogP contribution in [0.3, 0.4) is 0 Å². The molecule has 1 rings (SSSR count). The zero-order valence-corrected chi connectivity index (χ0v) is 12.1. The molecule has 106 valence electrons. The molecule has 0 heterocycles. The second-order valence-corrected chi connectivity index (χ2v) is 4.76. The molecule has 1 aromatic rings. The van der Waals surface area contributed by atoms with Gasteiger partial charge in [0.1, 0.15) is 11.8 Å². The fraction of sp³-hybridized carbons (Fsp3) is 0.533. The smallest absolute Gasteiger partial charge is 0.327 e. The fourth-order valence-electron chi connectivity index (χ4n) is 1.73. The third-order valence-corrected chi connectivity index (χ3v) is 2.69. The van der Waals surface area contributed by atoms with Crippen LogP contribution in [0, 0.1) is 5.92 Å². The molecule has 19 heavy (non-hydrogen) atoms. The van der Waals surface area contributed by atoms with Crippen molar-refractivity contribution >= 4 is 5.97 Å². The van der Waals surface area contributed by atoms with Crippen molar-refractivity contribution in [3.05, 3.63) is 29.8 Å². The third-order valence-electron chi connectivity index (χ3n) is 2.69. The summed E-state index contributed by atoms with van der Waals surface area (Å²) in [6, 6.07) is 7.08. The first-order chi connectivity index (χ1) is 9.08. The highest BCUT2D eigenvalue weighted by Crippen LogP contribution is 2.19. The molecule has 0 radical (unpaired) electrons. The Morgan fingerprint density at radius 2 is 1.89 bits per heavy atom. The van der Waals surface area contributed by atoms with Crippen LogP contribution in [0.2, 0.25) is 0 Å². The van der Waals surface area contributed by atoms with E-state index in [9.17, 15) is 4.79 Å². The van der Waals surface area contributed by atoms with Gasteiger partial charge in [0.25, 0.3) is 0 Å². The van der Waals surface area contributed by atoms with Crippen LogP contribution in [-0.4, -0.2) is 26.2 Å². The van der Waals surface area contributed by atoms with Crippen molar-refractivity contribution in [2.75, 3.05) is 20.3 Å². The number of esters is 1. The zero-order valence-electron chi connectivity index (χ0n) is 12.1. The molecule has 0 aliphatic heterocycles. The summed E-state index contributed by atoms with van der Waals surface area (Å²) in [5, 5.41) is 3.22. The number of benzene rings is 1. The van der Waals surface area contributed by atoms with Crippen molar-refractivity contribution in [1.82, 2.24) is 5.32 Å². The van der Waals surface area contributed by atoms with E-state index < -0.39 is 6.04 Å². The largest absolute Gasteiger partial charge is 0.494 e. The summed E-state index contributed by atoms with van der Waals surface area (Å²) in [6.07, 6.45) is 0. The maximum atomic E-state index is 11.8. The Kier molecular flexibility index (Phi) is 6.36. The first kappa shape index (κ1) is 15.5. The van der Waals surface area contributed by atoms with E-state index in [1.807, 2.05) is 31.2 Å². The van der Waals surface area contributed by atoms with Crippen LogP contribution < -0.4 is 10.1 Å². The number of rotatable bonds is 7. The minimum atomic E-state index is -0.428. The van der Waals surface area contributed by atoms with E-state index in [4.69, 9.17) is 9.47 Å². The van der Waals surface area contributed by atoms with E-state index in [1.54, 1.807) is 0 Å². The number of ether oxygens (including phenoxy) is 2. The molecule has 0 spiro atoms. The molecule has 0 amide bonds. The van der Waals surface area contributed by atoms with Gasteiger partial charge in [0.15, 0.2) is 0 Å². The lowest BCUT2D eigenvalue weighted by Gasteiger charge is -2.18. The number of carbonyl (C=O) groups is 1. The molecule has 1 unspecified atom stereocenters. The summed E-state index contributed by atoms with van der Waals surface area (Å²) >= 11 is 0. The maximum absolute atomic E-state index is 11.8. The summed E-state index contributed by atoms with van der Waals surface area (Å²) in [5.74, 6) is 0.999. The molecule has 0 aliphatic carbocycles. The summed E-state index contributed by atoms with van der Waals surface area (Å²) in [7, 11) is 1.40. The quantitative estimate of drug-likeness (QED) is 0.770. The van der Waals surface area contributed by atoms with Crippen LogP contribution in [0.5, 0.6) is 5.75 Å². The molecule has 0 fully saturated rings. The molecule has 0 saturated heterocycles. The number of carbonyl (C=O) groups excluding carboxylic acids is 1. The van der Waals surface area contributed by atoms with E-state index in [2.05, 4.69) is 19.2 Å². The van der Waals surface area contributed by atoms with Crippen molar-refractivity contribution in [2.24, 2.45) is 5.92 Å². The second-order valence-electron chi connectivity index (χ2n) is 4.76. The average Bonchev–Trinajstić information content (AvgIpc) is 2.40. The molecule has 1 N–H and O–H groups in total. The summed E-state index contributed by atoms with van der Waals surface area (Å²) in [5.41, 5.74) is 0.885. The van der Waals surface area contributed by atoms with Crippen LogP contribution in [0.1, 0.15) is 32.4 Å². The topological polar surface area (TPSA) is 47.6 Å². The Labute approximate surface area is 115 Å². The normalized spacial score (nSPS) is 12.3. The minimum Gasteiger partial charge on any atom is -0.494 e.